The second-order valence-corrected chi connectivity index (χ2v) is 4.46. The van der Waals surface area contributed by atoms with Gasteiger partial charge in [0.15, 0.2) is 0 Å². The maximum Gasteiger partial charge on any atom is 0.309 e. The summed E-state index contributed by atoms with van der Waals surface area (Å²) in [6.07, 6.45) is 1.78. The Morgan fingerprint density at radius 1 is 1.28 bits per heavy atom. The number of carboxylic acid groups (broad SMARTS) is 1. The number of aliphatic carboxylic acids is 1. The van der Waals surface area contributed by atoms with Crippen molar-refractivity contribution >= 4 is 5.97 Å². The molecule has 0 saturated carbocycles. The lowest BCUT2D eigenvalue weighted by Gasteiger charge is -2.05. The van der Waals surface area contributed by atoms with E-state index in [9.17, 15) is 4.79 Å². The van der Waals surface area contributed by atoms with E-state index in [0.717, 1.165) is 12.4 Å². The van der Waals surface area contributed by atoms with Gasteiger partial charge in [0.2, 0.25) is 0 Å². The van der Waals surface area contributed by atoms with E-state index < -0.39 is 5.97 Å². The van der Waals surface area contributed by atoms with E-state index in [1.54, 1.807) is 0 Å². The summed E-state index contributed by atoms with van der Waals surface area (Å²) < 4.78 is 1.98. The molecule has 0 aliphatic carbocycles. The van der Waals surface area contributed by atoms with Crippen molar-refractivity contribution in [1.29, 1.82) is 0 Å². The highest BCUT2D eigenvalue weighted by Crippen LogP contribution is 2.09. The maximum absolute atomic E-state index is 10.6. The van der Waals surface area contributed by atoms with Crippen LogP contribution in [0.1, 0.15) is 22.6 Å². The minimum atomic E-state index is -0.852. The first-order chi connectivity index (χ1) is 8.54. The summed E-state index contributed by atoms with van der Waals surface area (Å²) in [6, 6.07) is 8.29. The Bertz CT molecular complexity index is 556. The molecule has 1 N–H and O–H groups in total. The van der Waals surface area contributed by atoms with Gasteiger partial charge in [-0.15, -0.1) is 0 Å². The highest BCUT2D eigenvalue weighted by molar-refractivity contribution is 5.69. The highest BCUT2D eigenvalue weighted by Gasteiger charge is 2.07. The molecule has 4 heteroatoms. The summed E-state index contributed by atoms with van der Waals surface area (Å²) >= 11 is 0. The minimum Gasteiger partial charge on any atom is -0.481 e. The van der Waals surface area contributed by atoms with Crippen LogP contribution in [0.15, 0.2) is 30.5 Å². The summed E-state index contributed by atoms with van der Waals surface area (Å²) in [6.45, 7) is 4.66. The number of nitrogens with zero attached hydrogens (tertiary/aromatic N) is 2. The van der Waals surface area contributed by atoms with Gasteiger partial charge in [0, 0.05) is 12.7 Å². The molecule has 2 rings (SSSR count). The molecule has 0 amide bonds. The number of carbonyl (C=O) groups is 1. The molecule has 1 aromatic heterocycles. The molecule has 0 aliphatic heterocycles. The highest BCUT2D eigenvalue weighted by atomic mass is 16.4. The number of rotatable bonds is 4. The Balaban J connectivity index is 2.16. The van der Waals surface area contributed by atoms with Crippen molar-refractivity contribution in [3.8, 4) is 0 Å². The van der Waals surface area contributed by atoms with Gasteiger partial charge >= 0.3 is 5.97 Å². The van der Waals surface area contributed by atoms with Gasteiger partial charge in [-0.25, -0.2) is 4.98 Å². The first kappa shape index (κ1) is 12.4. The van der Waals surface area contributed by atoms with Gasteiger partial charge in [0.25, 0.3) is 0 Å². The van der Waals surface area contributed by atoms with Crippen LogP contribution in [0.25, 0.3) is 0 Å². The van der Waals surface area contributed by atoms with E-state index in [0.29, 0.717) is 5.69 Å². The van der Waals surface area contributed by atoms with Crippen LogP contribution in [0.5, 0.6) is 0 Å². The van der Waals surface area contributed by atoms with Crippen molar-refractivity contribution in [3.05, 3.63) is 53.1 Å². The quantitative estimate of drug-likeness (QED) is 0.896. The van der Waals surface area contributed by atoms with E-state index in [1.807, 2.05) is 17.7 Å². The first-order valence-corrected chi connectivity index (χ1v) is 5.84. The monoisotopic (exact) mass is 244 g/mol. The van der Waals surface area contributed by atoms with Gasteiger partial charge in [-0.2, -0.15) is 0 Å². The van der Waals surface area contributed by atoms with Gasteiger partial charge in [0.05, 0.1) is 12.1 Å². The zero-order chi connectivity index (χ0) is 13.1. The second-order valence-electron chi connectivity index (χ2n) is 4.46. The lowest BCUT2D eigenvalue weighted by atomic mass is 10.1. The zero-order valence-electron chi connectivity index (χ0n) is 10.6. The molecule has 0 saturated heterocycles. The summed E-state index contributed by atoms with van der Waals surface area (Å²) in [4.78, 5) is 14.9. The number of hydrogen-bond donors (Lipinski definition) is 1. The number of imidazole rings is 1. The van der Waals surface area contributed by atoms with Crippen LogP contribution in [-0.4, -0.2) is 20.6 Å². The molecule has 0 aliphatic rings. The molecular weight excluding hydrogens is 228 g/mol. The second kappa shape index (κ2) is 5.04. The van der Waals surface area contributed by atoms with Gasteiger partial charge in [-0.3, -0.25) is 4.79 Å². The van der Waals surface area contributed by atoms with Crippen molar-refractivity contribution in [1.82, 2.24) is 9.55 Å². The van der Waals surface area contributed by atoms with Crippen molar-refractivity contribution < 1.29 is 9.90 Å². The third-order valence-corrected chi connectivity index (χ3v) is 2.83. The standard InChI is InChI=1S/C14H16N2O2/c1-10-3-5-12(6-4-10)8-16-9-13(7-14(17)18)15-11(16)2/h3-6,9H,7-8H2,1-2H3,(H,17,18). The summed E-state index contributed by atoms with van der Waals surface area (Å²) in [5.41, 5.74) is 3.02. The van der Waals surface area contributed by atoms with Crippen molar-refractivity contribution in [2.45, 2.75) is 26.8 Å². The van der Waals surface area contributed by atoms with Crippen LogP contribution in [0, 0.1) is 13.8 Å². The average molecular weight is 244 g/mol. The fourth-order valence-electron chi connectivity index (χ4n) is 1.86. The Morgan fingerprint density at radius 3 is 2.56 bits per heavy atom. The van der Waals surface area contributed by atoms with Crippen LogP contribution >= 0.6 is 0 Å². The van der Waals surface area contributed by atoms with Crippen LogP contribution in [0.2, 0.25) is 0 Å². The van der Waals surface area contributed by atoms with E-state index in [-0.39, 0.29) is 6.42 Å². The Kier molecular flexibility index (Phi) is 3.46. The molecular formula is C14H16N2O2. The average Bonchev–Trinajstić information content (AvgIpc) is 2.61. The normalized spacial score (nSPS) is 10.6. The number of aryl methyl sites for hydroxylation is 2. The van der Waals surface area contributed by atoms with Crippen molar-refractivity contribution in [2.24, 2.45) is 0 Å². The smallest absolute Gasteiger partial charge is 0.309 e. The minimum absolute atomic E-state index is 0.0261. The molecule has 4 nitrogen and oxygen atoms in total. The number of carboxylic acids is 1. The number of benzene rings is 1. The fraction of sp³-hybridized carbons (Fsp3) is 0.286. The van der Waals surface area contributed by atoms with E-state index in [2.05, 4.69) is 36.2 Å². The lowest BCUT2D eigenvalue weighted by Crippen LogP contribution is -2.01. The fourth-order valence-corrected chi connectivity index (χ4v) is 1.86. The molecule has 0 radical (unpaired) electrons. The molecule has 94 valence electrons. The summed E-state index contributed by atoms with van der Waals surface area (Å²) in [7, 11) is 0. The van der Waals surface area contributed by atoms with Gasteiger partial charge in [0.1, 0.15) is 5.82 Å². The number of hydrogen-bond acceptors (Lipinski definition) is 2. The summed E-state index contributed by atoms with van der Waals surface area (Å²) in [5.74, 6) is -0.0122. The van der Waals surface area contributed by atoms with Crippen molar-refractivity contribution in [3.63, 3.8) is 0 Å². The predicted octanol–water partition coefficient (Wildman–Crippen LogP) is 2.18. The predicted molar refractivity (Wildman–Crippen MR) is 68.6 cm³/mol. The first-order valence-electron chi connectivity index (χ1n) is 5.84. The topological polar surface area (TPSA) is 55.1 Å². The Labute approximate surface area is 106 Å². The third-order valence-electron chi connectivity index (χ3n) is 2.83. The molecule has 2 aromatic rings. The van der Waals surface area contributed by atoms with Crippen LogP contribution in [0.3, 0.4) is 0 Å². The van der Waals surface area contributed by atoms with Gasteiger partial charge < -0.3 is 9.67 Å². The molecule has 18 heavy (non-hydrogen) atoms. The SMILES string of the molecule is Cc1ccc(Cn2cc(CC(=O)O)nc2C)cc1. The number of aromatic nitrogens is 2. The molecule has 0 atom stereocenters. The molecule has 0 fully saturated rings. The summed E-state index contributed by atoms with van der Waals surface area (Å²) in [5, 5.41) is 8.74. The van der Waals surface area contributed by atoms with Gasteiger partial charge in [-0.1, -0.05) is 29.8 Å². The molecule has 0 unspecified atom stereocenters. The zero-order valence-corrected chi connectivity index (χ0v) is 10.6. The Hall–Kier alpha value is -2.10. The maximum atomic E-state index is 10.6. The molecule has 1 aromatic carbocycles. The molecule has 0 spiro atoms. The van der Waals surface area contributed by atoms with Gasteiger partial charge in [-0.05, 0) is 19.4 Å². The molecule has 1 heterocycles. The van der Waals surface area contributed by atoms with Crippen LogP contribution < -0.4 is 0 Å². The van der Waals surface area contributed by atoms with E-state index in [1.165, 1.54) is 11.1 Å². The van der Waals surface area contributed by atoms with Crippen LogP contribution in [0.4, 0.5) is 0 Å². The van der Waals surface area contributed by atoms with E-state index >= 15 is 0 Å². The third kappa shape index (κ3) is 2.97. The van der Waals surface area contributed by atoms with Crippen molar-refractivity contribution in [2.75, 3.05) is 0 Å². The largest absolute Gasteiger partial charge is 0.481 e. The Morgan fingerprint density at radius 2 is 1.94 bits per heavy atom. The van der Waals surface area contributed by atoms with E-state index in [4.69, 9.17) is 5.11 Å². The van der Waals surface area contributed by atoms with Crippen LogP contribution in [-0.2, 0) is 17.8 Å². The molecule has 0 bridgehead atoms. The lowest BCUT2D eigenvalue weighted by molar-refractivity contribution is -0.136.